The Morgan fingerprint density at radius 1 is 1.10 bits per heavy atom. The molecule has 3 rings (SSSR count). The number of carbonyl (C=O) groups excluding carboxylic acids is 1. The van der Waals surface area contributed by atoms with Gasteiger partial charge in [-0.1, -0.05) is 0 Å². The lowest BCUT2D eigenvalue weighted by molar-refractivity contribution is -0.894. The van der Waals surface area contributed by atoms with E-state index in [1.807, 2.05) is 4.90 Å². The molecule has 2 unspecified atom stereocenters. The summed E-state index contributed by atoms with van der Waals surface area (Å²) in [7, 11) is 4.31. The molecule has 0 radical (unpaired) electrons. The molecular weight excluding hydrogens is 260 g/mol. The van der Waals surface area contributed by atoms with E-state index in [1.54, 1.807) is 0 Å². The molecule has 0 spiro atoms. The first-order chi connectivity index (χ1) is 9.39. The van der Waals surface area contributed by atoms with Crippen LogP contribution in [0.1, 0.15) is 12.8 Å². The number of carboxylic acids is 1. The zero-order chi connectivity index (χ0) is 14.5. The zero-order valence-electron chi connectivity index (χ0n) is 12.1. The zero-order valence-corrected chi connectivity index (χ0v) is 12.1. The quantitative estimate of drug-likeness (QED) is 0.712. The van der Waals surface area contributed by atoms with Gasteiger partial charge in [0.1, 0.15) is 0 Å². The molecule has 0 saturated carbocycles. The van der Waals surface area contributed by atoms with Gasteiger partial charge in [-0.2, -0.15) is 0 Å². The Morgan fingerprint density at radius 2 is 1.65 bits per heavy atom. The number of hydrogen-bond acceptors (Lipinski definition) is 3. The Morgan fingerprint density at radius 3 is 2.20 bits per heavy atom. The Hall–Kier alpha value is -1.14. The van der Waals surface area contributed by atoms with Gasteiger partial charge in [-0.25, -0.2) is 0 Å². The number of amides is 1. The lowest BCUT2D eigenvalue weighted by atomic mass is 9.78. The molecule has 0 aromatic carbocycles. The second kappa shape index (κ2) is 4.70. The number of quaternary nitrogens is 1. The molecule has 0 aromatic heterocycles. The Labute approximate surface area is 118 Å². The molecule has 0 aliphatic carbocycles. The van der Waals surface area contributed by atoms with Crippen LogP contribution in [0.2, 0.25) is 0 Å². The number of aliphatic carboxylic acids is 1. The van der Waals surface area contributed by atoms with Gasteiger partial charge in [0.15, 0.2) is 0 Å². The standard InChI is InChI=1S/C14H22N2O4/c1-16(2)7-5-15(6-8-16)13(17)11-9-3-4-10(20-9)12(11)14(18)19/h9-12H,3-8H2,1-2H3/p+1/t9-,10-,11?,12?/m1/s1. The van der Waals surface area contributed by atoms with Crippen LogP contribution in [0.25, 0.3) is 0 Å². The number of carboxylic acid groups (broad SMARTS) is 1. The lowest BCUT2D eigenvalue weighted by Gasteiger charge is -2.40. The number of carbonyl (C=O) groups is 2. The van der Waals surface area contributed by atoms with Gasteiger partial charge in [-0.3, -0.25) is 9.59 Å². The Bertz CT molecular complexity index is 427. The van der Waals surface area contributed by atoms with Crippen molar-refractivity contribution in [2.24, 2.45) is 11.8 Å². The third kappa shape index (κ3) is 2.20. The second-order valence-electron chi connectivity index (χ2n) is 6.89. The van der Waals surface area contributed by atoms with Gasteiger partial charge < -0.3 is 19.2 Å². The smallest absolute Gasteiger partial charge is 0.310 e. The maximum atomic E-state index is 12.7. The molecule has 3 aliphatic heterocycles. The number of hydrogen-bond donors (Lipinski definition) is 1. The monoisotopic (exact) mass is 283 g/mol. The lowest BCUT2D eigenvalue weighted by Crippen LogP contribution is -2.58. The van der Waals surface area contributed by atoms with Gasteiger partial charge in [-0.15, -0.1) is 0 Å². The molecule has 20 heavy (non-hydrogen) atoms. The number of rotatable bonds is 2. The van der Waals surface area contributed by atoms with Gasteiger partial charge in [-0.05, 0) is 12.8 Å². The van der Waals surface area contributed by atoms with Crippen molar-refractivity contribution in [1.82, 2.24) is 4.90 Å². The first kappa shape index (κ1) is 13.8. The van der Waals surface area contributed by atoms with Crippen LogP contribution in [0, 0.1) is 11.8 Å². The number of likely N-dealkylation sites (N-methyl/N-ethyl adjacent to an activating group) is 1. The second-order valence-corrected chi connectivity index (χ2v) is 6.89. The van der Waals surface area contributed by atoms with E-state index in [0.29, 0.717) is 13.1 Å². The van der Waals surface area contributed by atoms with Crippen LogP contribution >= 0.6 is 0 Å². The van der Waals surface area contributed by atoms with Crippen LogP contribution in [0.5, 0.6) is 0 Å². The molecule has 6 nitrogen and oxygen atoms in total. The van der Waals surface area contributed by atoms with Gasteiger partial charge in [0.2, 0.25) is 5.91 Å². The van der Waals surface area contributed by atoms with E-state index >= 15 is 0 Å². The third-order valence-electron chi connectivity index (χ3n) is 5.11. The first-order valence-corrected chi connectivity index (χ1v) is 7.38. The summed E-state index contributed by atoms with van der Waals surface area (Å²) in [5, 5.41) is 9.38. The van der Waals surface area contributed by atoms with E-state index < -0.39 is 17.8 Å². The molecule has 2 bridgehead atoms. The largest absolute Gasteiger partial charge is 0.481 e. The summed E-state index contributed by atoms with van der Waals surface area (Å²) in [6, 6.07) is 0. The fraction of sp³-hybridized carbons (Fsp3) is 0.857. The van der Waals surface area contributed by atoms with Crippen LogP contribution in [0.3, 0.4) is 0 Å². The number of fused-ring (bicyclic) bond motifs is 2. The molecule has 6 heteroatoms. The van der Waals surface area contributed by atoms with E-state index in [4.69, 9.17) is 4.74 Å². The minimum atomic E-state index is -0.885. The maximum absolute atomic E-state index is 12.7. The predicted molar refractivity (Wildman–Crippen MR) is 70.9 cm³/mol. The molecule has 112 valence electrons. The van der Waals surface area contributed by atoms with Crippen LogP contribution in [0.15, 0.2) is 0 Å². The molecule has 3 heterocycles. The third-order valence-corrected chi connectivity index (χ3v) is 5.11. The van der Waals surface area contributed by atoms with Crippen molar-refractivity contribution in [3.8, 4) is 0 Å². The van der Waals surface area contributed by atoms with Crippen LogP contribution in [-0.2, 0) is 14.3 Å². The van der Waals surface area contributed by atoms with Crippen molar-refractivity contribution in [2.75, 3.05) is 40.3 Å². The Kier molecular flexibility index (Phi) is 3.25. The fourth-order valence-electron chi connectivity index (χ4n) is 3.74. The minimum Gasteiger partial charge on any atom is -0.481 e. The highest BCUT2D eigenvalue weighted by atomic mass is 16.5. The summed E-state index contributed by atoms with van der Waals surface area (Å²) in [4.78, 5) is 26.0. The molecule has 1 amide bonds. The molecule has 4 atom stereocenters. The summed E-state index contributed by atoms with van der Waals surface area (Å²) in [5.74, 6) is -2.02. The fourth-order valence-corrected chi connectivity index (χ4v) is 3.74. The summed E-state index contributed by atoms with van der Waals surface area (Å²) in [6.07, 6.45) is 1.15. The normalized spacial score (nSPS) is 39.0. The van der Waals surface area contributed by atoms with Crippen molar-refractivity contribution in [2.45, 2.75) is 25.0 Å². The van der Waals surface area contributed by atoms with Crippen LogP contribution in [-0.4, -0.2) is 78.8 Å². The van der Waals surface area contributed by atoms with Crippen molar-refractivity contribution < 1.29 is 23.9 Å². The highest BCUT2D eigenvalue weighted by Crippen LogP contribution is 2.44. The van der Waals surface area contributed by atoms with Gasteiger partial charge >= 0.3 is 5.97 Å². The topological polar surface area (TPSA) is 66.8 Å². The van der Waals surface area contributed by atoms with Gasteiger partial charge in [0.25, 0.3) is 0 Å². The highest BCUT2D eigenvalue weighted by molar-refractivity contribution is 5.86. The van der Waals surface area contributed by atoms with Crippen molar-refractivity contribution in [3.05, 3.63) is 0 Å². The van der Waals surface area contributed by atoms with E-state index in [1.165, 1.54) is 0 Å². The predicted octanol–water partition coefficient (Wildman–Crippen LogP) is -0.217. The van der Waals surface area contributed by atoms with Crippen molar-refractivity contribution in [1.29, 1.82) is 0 Å². The molecular formula is C14H23N2O4+. The van der Waals surface area contributed by atoms with E-state index in [-0.39, 0.29) is 18.1 Å². The van der Waals surface area contributed by atoms with Crippen LogP contribution in [0.4, 0.5) is 0 Å². The molecule has 1 N–H and O–H groups in total. The van der Waals surface area contributed by atoms with Gasteiger partial charge in [0, 0.05) is 0 Å². The first-order valence-electron chi connectivity index (χ1n) is 7.38. The van der Waals surface area contributed by atoms with E-state index in [9.17, 15) is 14.7 Å². The highest BCUT2D eigenvalue weighted by Gasteiger charge is 2.56. The SMILES string of the molecule is C[N+]1(C)CCN(C(=O)C2C(C(=O)O)[C@H]3CC[C@H]2O3)CC1. The molecule has 3 saturated heterocycles. The summed E-state index contributed by atoms with van der Waals surface area (Å²) in [6.45, 7) is 3.27. The van der Waals surface area contributed by atoms with E-state index in [2.05, 4.69) is 14.1 Å². The van der Waals surface area contributed by atoms with E-state index in [0.717, 1.165) is 30.4 Å². The summed E-state index contributed by atoms with van der Waals surface area (Å²) in [5.41, 5.74) is 0. The molecule has 3 aliphatic rings. The number of nitrogens with zero attached hydrogens (tertiary/aromatic N) is 2. The minimum absolute atomic E-state index is 0.00991. The average Bonchev–Trinajstić information content (AvgIpc) is 2.97. The number of piperazine rings is 1. The van der Waals surface area contributed by atoms with Gasteiger partial charge in [0.05, 0.1) is 64.3 Å². The average molecular weight is 283 g/mol. The molecule has 0 aromatic rings. The summed E-state index contributed by atoms with van der Waals surface area (Å²) >= 11 is 0. The van der Waals surface area contributed by atoms with Crippen molar-refractivity contribution >= 4 is 11.9 Å². The Balaban J connectivity index is 1.72. The maximum Gasteiger partial charge on any atom is 0.310 e. The summed E-state index contributed by atoms with van der Waals surface area (Å²) < 4.78 is 6.60. The van der Waals surface area contributed by atoms with Crippen LogP contribution < -0.4 is 0 Å². The molecule has 3 fully saturated rings. The number of ether oxygens (including phenoxy) is 1. The van der Waals surface area contributed by atoms with Crippen molar-refractivity contribution in [3.63, 3.8) is 0 Å².